The number of aryl methyl sites for hydroxylation is 1. The quantitative estimate of drug-likeness (QED) is 0.524. The van der Waals surface area contributed by atoms with Crippen LogP contribution in [0.25, 0.3) is 11.2 Å². The molecule has 4 aliphatic rings. The van der Waals surface area contributed by atoms with Gasteiger partial charge in [-0.3, -0.25) is 28.4 Å². The Kier molecular flexibility index (Phi) is 7.12. The summed E-state index contributed by atoms with van der Waals surface area (Å²) in [4.78, 5) is 65.1. The third kappa shape index (κ3) is 4.43. The molecule has 2 saturated carbocycles. The van der Waals surface area contributed by atoms with E-state index < -0.39 is 22.9 Å². The van der Waals surface area contributed by atoms with Crippen molar-refractivity contribution in [3.63, 3.8) is 0 Å². The number of nitrogens with zero attached hydrogens (tertiary/aromatic N) is 5. The zero-order valence-corrected chi connectivity index (χ0v) is 24.3. The van der Waals surface area contributed by atoms with Gasteiger partial charge in [0.15, 0.2) is 16.9 Å². The number of Topliss-reactive ketones (excluding diaryl/α,β-unsaturated/α-hetero) is 3. The van der Waals surface area contributed by atoms with Crippen molar-refractivity contribution in [2.45, 2.75) is 102 Å². The first kappa shape index (κ1) is 27.8. The van der Waals surface area contributed by atoms with Gasteiger partial charge in [0, 0.05) is 37.2 Å². The van der Waals surface area contributed by atoms with E-state index in [1.807, 2.05) is 6.92 Å². The van der Waals surface area contributed by atoms with Crippen LogP contribution in [-0.4, -0.2) is 67.1 Å². The maximum Gasteiger partial charge on any atom is 0.330 e. The third-order valence-corrected chi connectivity index (χ3v) is 10.0. The van der Waals surface area contributed by atoms with Crippen LogP contribution in [0, 0.1) is 5.41 Å². The van der Waals surface area contributed by atoms with Crippen LogP contribution in [0.15, 0.2) is 16.1 Å². The standard InChI is InChI=1S/C30H40N6O5/c1-17(19-11-8-16-34(19)2)41-28-23-27(36(29(40)35(23)3)20-10-6-12-21(20)37)32-26(33-28)24(39)18-9-7-15-30(25(18)31)14-5-4-13-22(30)38/h17,19-20H,4-16,31H2,1-3H3/t17-,19-,20-,30+/m0/s1. The lowest BCUT2D eigenvalue weighted by atomic mass is 9.64. The summed E-state index contributed by atoms with van der Waals surface area (Å²) in [6.45, 7) is 2.94. The van der Waals surface area contributed by atoms with Crippen molar-refractivity contribution >= 4 is 28.5 Å². The van der Waals surface area contributed by atoms with Gasteiger partial charge in [-0.2, -0.15) is 4.98 Å². The van der Waals surface area contributed by atoms with Gasteiger partial charge in [0.25, 0.3) is 0 Å². The topological polar surface area (TPSA) is 142 Å². The van der Waals surface area contributed by atoms with Crippen molar-refractivity contribution in [2.75, 3.05) is 13.6 Å². The molecule has 41 heavy (non-hydrogen) atoms. The highest BCUT2D eigenvalue weighted by Gasteiger charge is 2.46. The van der Waals surface area contributed by atoms with Crippen LogP contribution in [0.5, 0.6) is 5.88 Å². The highest BCUT2D eigenvalue weighted by atomic mass is 16.5. The zero-order chi connectivity index (χ0) is 29.1. The van der Waals surface area contributed by atoms with E-state index in [0.717, 1.165) is 32.2 Å². The van der Waals surface area contributed by atoms with E-state index in [9.17, 15) is 19.2 Å². The Morgan fingerprint density at radius 3 is 2.46 bits per heavy atom. The molecule has 4 atom stereocenters. The minimum atomic E-state index is -0.794. The molecule has 2 aromatic heterocycles. The van der Waals surface area contributed by atoms with Crippen LogP contribution in [0.4, 0.5) is 0 Å². The van der Waals surface area contributed by atoms with Crippen LogP contribution in [-0.2, 0) is 16.6 Å². The van der Waals surface area contributed by atoms with E-state index in [2.05, 4.69) is 21.9 Å². The molecule has 1 spiro atoms. The molecule has 0 unspecified atom stereocenters. The molecule has 0 amide bonds. The fraction of sp³-hybridized carbons (Fsp3) is 0.667. The fourth-order valence-electron chi connectivity index (χ4n) is 7.69. The monoisotopic (exact) mass is 564 g/mol. The molecule has 0 bridgehead atoms. The molecule has 11 heteroatoms. The minimum Gasteiger partial charge on any atom is -0.471 e. The predicted molar refractivity (Wildman–Crippen MR) is 152 cm³/mol. The summed E-state index contributed by atoms with van der Waals surface area (Å²) in [6, 6.07) is -0.485. The lowest BCUT2D eigenvalue weighted by molar-refractivity contribution is -0.130. The molecule has 3 fully saturated rings. The number of nitrogens with two attached hydrogens (primary N) is 1. The average molecular weight is 565 g/mol. The Hall–Kier alpha value is -3.34. The number of hydrogen-bond donors (Lipinski definition) is 1. The van der Waals surface area contributed by atoms with Crippen molar-refractivity contribution in [1.29, 1.82) is 0 Å². The molecule has 220 valence electrons. The Labute approximate surface area is 239 Å². The van der Waals surface area contributed by atoms with Crippen LogP contribution >= 0.6 is 0 Å². The van der Waals surface area contributed by atoms with Crippen molar-refractivity contribution in [3.8, 4) is 5.88 Å². The highest BCUT2D eigenvalue weighted by molar-refractivity contribution is 6.08. The predicted octanol–water partition coefficient (Wildman–Crippen LogP) is 2.99. The smallest absolute Gasteiger partial charge is 0.330 e. The third-order valence-electron chi connectivity index (χ3n) is 10.0. The summed E-state index contributed by atoms with van der Waals surface area (Å²) in [5.41, 5.74) is 6.79. The molecule has 11 nitrogen and oxygen atoms in total. The van der Waals surface area contributed by atoms with E-state index in [0.29, 0.717) is 68.2 Å². The highest BCUT2D eigenvalue weighted by Crippen LogP contribution is 2.47. The van der Waals surface area contributed by atoms with Gasteiger partial charge in [-0.05, 0) is 78.3 Å². The number of aromatic nitrogens is 4. The van der Waals surface area contributed by atoms with Gasteiger partial charge in [0.2, 0.25) is 17.5 Å². The number of likely N-dealkylation sites (N-methyl/N-ethyl adjacent to an activating group) is 1. The van der Waals surface area contributed by atoms with Gasteiger partial charge in [-0.25, -0.2) is 9.78 Å². The first-order chi connectivity index (χ1) is 19.6. The summed E-state index contributed by atoms with van der Waals surface area (Å²) < 4.78 is 9.27. The number of ether oxygens (including phenoxy) is 1. The second-order valence-corrected chi connectivity index (χ2v) is 12.4. The molecule has 2 N–H and O–H groups in total. The number of carbonyl (C=O) groups is 3. The first-order valence-corrected chi connectivity index (χ1v) is 15.1. The number of ketones is 3. The van der Waals surface area contributed by atoms with Crippen molar-refractivity contribution in [3.05, 3.63) is 27.6 Å². The van der Waals surface area contributed by atoms with Crippen LogP contribution in [0.3, 0.4) is 0 Å². The average Bonchev–Trinajstić information content (AvgIpc) is 3.64. The molecule has 0 aromatic carbocycles. The fourth-order valence-corrected chi connectivity index (χ4v) is 7.69. The lowest BCUT2D eigenvalue weighted by Gasteiger charge is -2.40. The van der Waals surface area contributed by atoms with Crippen LogP contribution in [0.2, 0.25) is 0 Å². The molecule has 1 aliphatic heterocycles. The molecule has 3 heterocycles. The van der Waals surface area contributed by atoms with E-state index in [4.69, 9.17) is 10.5 Å². The minimum absolute atomic E-state index is 0.0218. The van der Waals surface area contributed by atoms with Crippen LogP contribution in [0.1, 0.15) is 101 Å². The van der Waals surface area contributed by atoms with E-state index in [1.54, 1.807) is 7.05 Å². The summed E-state index contributed by atoms with van der Waals surface area (Å²) in [5, 5.41) is 0. The van der Waals surface area contributed by atoms with Crippen molar-refractivity contribution in [1.82, 2.24) is 24.0 Å². The van der Waals surface area contributed by atoms with Gasteiger partial charge in [0.1, 0.15) is 11.9 Å². The number of imidazole rings is 1. The van der Waals surface area contributed by atoms with Gasteiger partial charge in [-0.1, -0.05) is 6.42 Å². The second-order valence-electron chi connectivity index (χ2n) is 12.4. The van der Waals surface area contributed by atoms with Gasteiger partial charge in [0.05, 0.1) is 11.5 Å². The van der Waals surface area contributed by atoms with Gasteiger partial charge in [-0.15, -0.1) is 0 Å². The number of allylic oxidation sites excluding steroid dienone is 2. The molecule has 6 rings (SSSR count). The van der Waals surface area contributed by atoms with Crippen molar-refractivity contribution in [2.24, 2.45) is 18.2 Å². The van der Waals surface area contributed by atoms with E-state index >= 15 is 0 Å². The maximum absolute atomic E-state index is 14.1. The Morgan fingerprint density at radius 1 is 1.00 bits per heavy atom. The number of fused-ring (bicyclic) bond motifs is 1. The van der Waals surface area contributed by atoms with Gasteiger partial charge < -0.3 is 10.5 Å². The van der Waals surface area contributed by atoms with E-state index in [-0.39, 0.29) is 41.1 Å². The number of hydrogen-bond acceptors (Lipinski definition) is 9. The summed E-state index contributed by atoms with van der Waals surface area (Å²) in [5.74, 6) is -0.335. The molecule has 2 aromatic rings. The van der Waals surface area contributed by atoms with Crippen molar-refractivity contribution < 1.29 is 19.1 Å². The zero-order valence-electron chi connectivity index (χ0n) is 24.3. The Morgan fingerprint density at radius 2 is 1.78 bits per heavy atom. The molecular formula is C30H40N6O5. The molecule has 0 radical (unpaired) electrons. The summed E-state index contributed by atoms with van der Waals surface area (Å²) >= 11 is 0. The van der Waals surface area contributed by atoms with Gasteiger partial charge >= 0.3 is 5.69 Å². The number of rotatable bonds is 6. The summed E-state index contributed by atoms with van der Waals surface area (Å²) in [7, 11) is 3.67. The molecule has 1 saturated heterocycles. The Bertz CT molecular complexity index is 1520. The Balaban J connectivity index is 1.50. The SMILES string of the molecule is C[C@H](Oc1nc(C(=O)C2=C(N)[C@]3(CCCCC3=O)CCC2)nc2c1n(C)c(=O)n2[C@H]1CCCC1=O)[C@@H]1CCCN1C. The number of likely N-dealkylation sites (tertiary alicyclic amines) is 1. The molecule has 3 aliphatic carbocycles. The normalized spacial score (nSPS) is 28.3. The van der Waals surface area contributed by atoms with Crippen LogP contribution < -0.4 is 16.2 Å². The lowest BCUT2D eigenvalue weighted by Crippen LogP contribution is -2.42. The first-order valence-electron chi connectivity index (χ1n) is 15.1. The maximum atomic E-state index is 14.1. The largest absolute Gasteiger partial charge is 0.471 e. The molecular weight excluding hydrogens is 524 g/mol. The summed E-state index contributed by atoms with van der Waals surface area (Å²) in [6.07, 6.45) is 8.01. The van der Waals surface area contributed by atoms with E-state index in [1.165, 1.54) is 9.13 Å². The second kappa shape index (κ2) is 10.5. The number of carbonyl (C=O) groups excluding carboxylic acids is 3.